The van der Waals surface area contributed by atoms with Crippen molar-refractivity contribution in [3.05, 3.63) is 178 Å². The van der Waals surface area contributed by atoms with E-state index in [4.69, 9.17) is 32.1 Å². The van der Waals surface area contributed by atoms with Gasteiger partial charge >= 0.3 is 0 Å². The summed E-state index contributed by atoms with van der Waals surface area (Å²) in [5, 5.41) is 21.5. The third-order valence-corrected chi connectivity index (χ3v) is 10.3. The van der Waals surface area contributed by atoms with Crippen molar-refractivity contribution >= 4 is 51.8 Å². The SMILES string of the molecule is C=C(C)NCCNC(=O)CNC(=C)CNC(=C)C[C@H](N=C(c1ccc(Cl)cc1)c1cc(OC)ccc1N)/C(C)=N/N=C(C)C.CC.CC.CC(C)=CN=C1CN=C(c2ccc(C)cc2)c2ccccc2C1. The quantitative estimate of drug-likeness (QED) is 0.0256. The Bertz CT molecular complexity index is 2540. The zero-order valence-corrected chi connectivity index (χ0v) is 45.1. The lowest BCUT2D eigenvalue weighted by Crippen LogP contribution is -2.38. The topological polar surface area (TPSA) is 162 Å². The van der Waals surface area contributed by atoms with Crippen LogP contribution in [0.2, 0.25) is 5.02 Å². The van der Waals surface area contributed by atoms with Crippen molar-refractivity contribution in [3.8, 4) is 5.75 Å². The van der Waals surface area contributed by atoms with E-state index in [0.717, 1.165) is 34.8 Å². The number of hydrogen-bond acceptors (Lipinski definition) is 11. The van der Waals surface area contributed by atoms with Crippen LogP contribution < -0.4 is 31.7 Å². The van der Waals surface area contributed by atoms with Crippen molar-refractivity contribution in [2.75, 3.05) is 45.6 Å². The molecule has 5 rings (SSSR count). The van der Waals surface area contributed by atoms with E-state index >= 15 is 0 Å². The summed E-state index contributed by atoms with van der Waals surface area (Å²) in [4.78, 5) is 26.8. The summed E-state index contributed by atoms with van der Waals surface area (Å²) in [6.07, 6.45) is 3.21. The monoisotopic (exact) mass is 983 g/mol. The molecule has 1 aliphatic heterocycles. The van der Waals surface area contributed by atoms with E-state index in [0.29, 0.717) is 77.4 Å². The van der Waals surface area contributed by atoms with Crippen LogP contribution >= 0.6 is 11.6 Å². The second kappa shape index (κ2) is 32.7. The number of carbonyl (C=O) groups is 1. The number of aliphatic imine (C=N–C) groups is 3. The van der Waals surface area contributed by atoms with Gasteiger partial charge in [-0.1, -0.05) is 131 Å². The number of nitrogens with two attached hydrogens (primary N) is 1. The predicted octanol–water partition coefficient (Wildman–Crippen LogP) is 11.6. The summed E-state index contributed by atoms with van der Waals surface area (Å²) in [5.74, 6) is 0.520. The molecule has 0 spiro atoms. The number of amides is 1. The second-order valence-corrected chi connectivity index (χ2v) is 17.1. The van der Waals surface area contributed by atoms with Crippen LogP contribution in [0.1, 0.15) is 109 Å². The Hall–Kier alpha value is -7.05. The maximum absolute atomic E-state index is 12.1. The Kier molecular flexibility index (Phi) is 27.7. The molecule has 13 heteroatoms. The molecule has 1 amide bonds. The number of nitrogens with zero attached hydrogens (tertiary/aromatic N) is 5. The molecule has 0 bridgehead atoms. The van der Waals surface area contributed by atoms with Crippen LogP contribution in [0.25, 0.3) is 0 Å². The summed E-state index contributed by atoms with van der Waals surface area (Å²) in [7, 11) is 1.60. The van der Waals surface area contributed by atoms with Gasteiger partial charge in [-0.15, -0.1) is 0 Å². The van der Waals surface area contributed by atoms with Crippen LogP contribution in [0.15, 0.2) is 165 Å². The fourth-order valence-corrected chi connectivity index (χ4v) is 6.64. The molecular weight excluding hydrogens is 904 g/mol. The van der Waals surface area contributed by atoms with Crippen LogP contribution in [0, 0.1) is 6.92 Å². The molecule has 0 saturated heterocycles. The van der Waals surface area contributed by atoms with E-state index in [1.807, 2.05) is 91.9 Å². The highest BCUT2D eigenvalue weighted by molar-refractivity contribution is 6.30. The minimum absolute atomic E-state index is 0.111. The zero-order valence-electron chi connectivity index (χ0n) is 44.4. The first-order valence-corrected chi connectivity index (χ1v) is 24.6. The number of ether oxygens (including phenoxy) is 1. The van der Waals surface area contributed by atoms with Gasteiger partial charge < -0.3 is 31.7 Å². The summed E-state index contributed by atoms with van der Waals surface area (Å²) >= 11 is 6.20. The third-order valence-electron chi connectivity index (χ3n) is 10.1. The molecule has 0 fully saturated rings. The molecule has 0 aliphatic carbocycles. The number of fused-ring (bicyclic) bond motifs is 1. The minimum atomic E-state index is -0.436. The maximum atomic E-state index is 12.1. The average Bonchev–Trinajstić information content (AvgIpc) is 3.55. The van der Waals surface area contributed by atoms with E-state index in [2.05, 4.69) is 126 Å². The Morgan fingerprint density at radius 2 is 1.46 bits per heavy atom. The second-order valence-electron chi connectivity index (χ2n) is 16.7. The molecule has 6 N–H and O–H groups in total. The molecule has 4 aromatic carbocycles. The smallest absolute Gasteiger partial charge is 0.239 e. The molecule has 4 aromatic rings. The summed E-state index contributed by atoms with van der Waals surface area (Å²) in [5.41, 5.74) is 21.2. The normalized spacial score (nSPS) is 12.7. The number of hydrogen-bond donors (Lipinski definition) is 5. The molecule has 0 saturated carbocycles. The van der Waals surface area contributed by atoms with E-state index in [-0.39, 0.29) is 12.5 Å². The molecule has 0 radical (unpaired) electrons. The number of nitrogens with one attached hydrogen (secondary N) is 4. The number of anilines is 1. The van der Waals surface area contributed by atoms with E-state index in [1.165, 1.54) is 27.8 Å². The van der Waals surface area contributed by atoms with Gasteiger partial charge in [0.15, 0.2) is 0 Å². The number of aryl methyl sites for hydroxylation is 1. The lowest BCUT2D eigenvalue weighted by Gasteiger charge is -2.19. The van der Waals surface area contributed by atoms with Crippen molar-refractivity contribution in [1.29, 1.82) is 0 Å². The molecule has 71 heavy (non-hydrogen) atoms. The van der Waals surface area contributed by atoms with Gasteiger partial charge in [-0.3, -0.25) is 19.8 Å². The van der Waals surface area contributed by atoms with Crippen LogP contribution in [0.3, 0.4) is 0 Å². The van der Waals surface area contributed by atoms with E-state index in [1.54, 1.807) is 19.2 Å². The van der Waals surface area contributed by atoms with Crippen molar-refractivity contribution in [2.45, 2.75) is 95.0 Å². The highest BCUT2D eigenvalue weighted by atomic mass is 35.5. The molecule has 1 aliphatic rings. The van der Waals surface area contributed by atoms with Crippen molar-refractivity contribution in [1.82, 2.24) is 21.3 Å². The molecule has 0 aromatic heterocycles. The number of allylic oxidation sites excluding steroid dienone is 2. The van der Waals surface area contributed by atoms with Gasteiger partial charge in [0, 0.05) is 93.6 Å². The first kappa shape index (κ1) is 60.1. The average molecular weight is 984 g/mol. The number of methoxy groups -OCH3 is 1. The molecule has 0 unspecified atom stereocenters. The summed E-state index contributed by atoms with van der Waals surface area (Å²) in [6, 6.07) is 29.5. The lowest BCUT2D eigenvalue weighted by molar-refractivity contribution is -0.120. The highest BCUT2D eigenvalue weighted by Crippen LogP contribution is 2.26. The van der Waals surface area contributed by atoms with Crippen LogP contribution in [-0.4, -0.2) is 80.3 Å². The van der Waals surface area contributed by atoms with Gasteiger partial charge in [-0.25, -0.2) is 0 Å². The van der Waals surface area contributed by atoms with Crippen molar-refractivity contribution in [3.63, 3.8) is 0 Å². The molecular formula is C58H79ClN10O2. The lowest BCUT2D eigenvalue weighted by atomic mass is 9.95. The number of carbonyl (C=O) groups excluding carboxylic acids is 1. The number of halogens is 1. The highest BCUT2D eigenvalue weighted by Gasteiger charge is 2.20. The molecule has 1 heterocycles. The van der Waals surface area contributed by atoms with Crippen molar-refractivity contribution in [2.24, 2.45) is 25.2 Å². The molecule has 1 atom stereocenters. The Balaban J connectivity index is 0.000000532. The van der Waals surface area contributed by atoms with Crippen LogP contribution in [0.4, 0.5) is 5.69 Å². The first-order valence-electron chi connectivity index (χ1n) is 24.2. The predicted molar refractivity (Wildman–Crippen MR) is 306 cm³/mol. The van der Waals surface area contributed by atoms with Gasteiger partial charge in [-0.05, 0) is 84.4 Å². The standard InChI is InChI=1S/C33H45ClN8O2.C21H22N2.2C2H6/c1-21(2)36-15-16-37-32(43)20-39-24(6)19-38-23(5)17-31(25(7)42-41-22(3)4)40-33(26-9-11-27(34)12-10-26)29-18-28(44-8)13-14-30(29)35;1-15(2)13-22-19-12-18-6-4-5-7-20(18)21(23-14-19)17-10-8-16(3)9-11-17;2*1-2/h9-14,18,31,36,38-39H,1,5-6,15-17,19-20,35H2,2-4,7-8H3,(H,37,43);4-11,13H,12,14H2,1-3H3;2*1-2H3/b40-33?,42-25+;;;/t31-;;;/m0.../s1. The summed E-state index contributed by atoms with van der Waals surface area (Å²) < 4.78 is 5.48. The van der Waals surface area contributed by atoms with Gasteiger partial charge in [0.2, 0.25) is 5.91 Å². The molecule has 380 valence electrons. The third kappa shape index (κ3) is 22.1. The van der Waals surface area contributed by atoms with Gasteiger partial charge in [-0.2, -0.15) is 10.2 Å². The number of benzene rings is 4. The fraction of sp³-hybridized carbons (Fsp3) is 0.345. The van der Waals surface area contributed by atoms with Gasteiger partial charge in [0.25, 0.3) is 0 Å². The van der Waals surface area contributed by atoms with Crippen LogP contribution in [0.5, 0.6) is 5.75 Å². The number of rotatable bonds is 20. The first-order chi connectivity index (χ1) is 34.0. The zero-order chi connectivity index (χ0) is 52.9. The Labute approximate surface area is 430 Å². The number of nitrogen functional groups attached to an aromatic ring is 1. The Morgan fingerprint density at radius 3 is 2.10 bits per heavy atom. The van der Waals surface area contributed by atoms with E-state index in [9.17, 15) is 4.79 Å². The summed E-state index contributed by atoms with van der Waals surface area (Å²) in [6.45, 7) is 36.0. The van der Waals surface area contributed by atoms with Gasteiger partial charge in [0.1, 0.15) is 5.75 Å². The van der Waals surface area contributed by atoms with Gasteiger partial charge in [0.05, 0.1) is 49.9 Å². The minimum Gasteiger partial charge on any atom is -0.497 e. The van der Waals surface area contributed by atoms with Crippen molar-refractivity contribution < 1.29 is 9.53 Å². The molecule has 12 nitrogen and oxygen atoms in total. The fourth-order valence-electron chi connectivity index (χ4n) is 6.51. The maximum Gasteiger partial charge on any atom is 0.239 e. The van der Waals surface area contributed by atoms with Crippen LogP contribution in [-0.2, 0) is 11.2 Å². The van der Waals surface area contributed by atoms with E-state index < -0.39 is 6.04 Å². The largest absolute Gasteiger partial charge is 0.497 e. The Morgan fingerprint density at radius 1 is 0.817 bits per heavy atom.